The van der Waals surface area contributed by atoms with Gasteiger partial charge in [-0.1, -0.05) is 13.3 Å². The van der Waals surface area contributed by atoms with Gasteiger partial charge in [-0.05, 0) is 70.0 Å². The van der Waals surface area contributed by atoms with Crippen LogP contribution in [0, 0.1) is 6.92 Å². The van der Waals surface area contributed by atoms with E-state index >= 15 is 0 Å². The zero-order valence-electron chi connectivity index (χ0n) is 13.7. The summed E-state index contributed by atoms with van der Waals surface area (Å²) in [6, 6.07) is 5.74. The topological polar surface area (TPSA) is 29.5 Å². The van der Waals surface area contributed by atoms with Gasteiger partial charge in [0.15, 0.2) is 5.78 Å². The molecular formula is C18H27NO2. The number of hydrogen-bond acceptors (Lipinski definition) is 3. The van der Waals surface area contributed by atoms with Crippen LogP contribution in [0.4, 0.5) is 0 Å². The molecule has 1 fully saturated rings. The standard InChI is InChI=1S/C18H27NO2/c1-5-18(3,19-11-7-6-8-12-19)17(20)16-10-9-15(21-4)13-14(16)2/h9-10,13H,5-8,11-12H2,1-4H3. The van der Waals surface area contributed by atoms with Crippen molar-refractivity contribution in [3.63, 3.8) is 0 Å². The summed E-state index contributed by atoms with van der Waals surface area (Å²) in [5.74, 6) is 1.05. The predicted molar refractivity (Wildman–Crippen MR) is 86.2 cm³/mol. The van der Waals surface area contributed by atoms with Crippen molar-refractivity contribution in [2.24, 2.45) is 0 Å². The van der Waals surface area contributed by atoms with E-state index in [1.807, 2.05) is 25.1 Å². The largest absolute Gasteiger partial charge is 0.497 e. The lowest BCUT2D eigenvalue weighted by Gasteiger charge is -2.42. The van der Waals surface area contributed by atoms with Crippen molar-refractivity contribution < 1.29 is 9.53 Å². The lowest BCUT2D eigenvalue weighted by Crippen LogP contribution is -2.54. The van der Waals surface area contributed by atoms with Crippen molar-refractivity contribution in [3.8, 4) is 5.75 Å². The molecule has 0 amide bonds. The summed E-state index contributed by atoms with van der Waals surface area (Å²) in [5, 5.41) is 0. The zero-order chi connectivity index (χ0) is 15.5. The molecule has 1 aliphatic rings. The van der Waals surface area contributed by atoms with Gasteiger partial charge in [0.2, 0.25) is 0 Å². The normalized spacial score (nSPS) is 19.0. The minimum absolute atomic E-state index is 0.243. The van der Waals surface area contributed by atoms with Crippen molar-refractivity contribution in [2.75, 3.05) is 20.2 Å². The molecule has 1 saturated heterocycles. The summed E-state index contributed by atoms with van der Waals surface area (Å²) >= 11 is 0. The number of aryl methyl sites for hydroxylation is 1. The second-order valence-electron chi connectivity index (χ2n) is 6.19. The molecule has 0 spiro atoms. The number of methoxy groups -OCH3 is 1. The van der Waals surface area contributed by atoms with Crippen LogP contribution in [0.3, 0.4) is 0 Å². The summed E-state index contributed by atoms with van der Waals surface area (Å²) in [6.45, 7) is 8.27. The molecule has 1 unspecified atom stereocenters. The molecule has 0 saturated carbocycles. The van der Waals surface area contributed by atoms with Crippen molar-refractivity contribution >= 4 is 5.78 Å². The van der Waals surface area contributed by atoms with E-state index in [2.05, 4.69) is 18.7 Å². The van der Waals surface area contributed by atoms with Crippen LogP contribution < -0.4 is 4.74 Å². The first kappa shape index (κ1) is 16.0. The highest BCUT2D eigenvalue weighted by atomic mass is 16.5. The first-order chi connectivity index (χ1) is 10.0. The van der Waals surface area contributed by atoms with E-state index in [0.29, 0.717) is 0 Å². The van der Waals surface area contributed by atoms with Crippen LogP contribution in [0.1, 0.15) is 55.5 Å². The average molecular weight is 289 g/mol. The van der Waals surface area contributed by atoms with Gasteiger partial charge in [-0.2, -0.15) is 0 Å². The quantitative estimate of drug-likeness (QED) is 0.771. The zero-order valence-corrected chi connectivity index (χ0v) is 13.7. The maximum Gasteiger partial charge on any atom is 0.183 e. The summed E-state index contributed by atoms with van der Waals surface area (Å²) in [6.07, 6.45) is 4.53. The number of carbonyl (C=O) groups is 1. The molecule has 21 heavy (non-hydrogen) atoms. The third kappa shape index (κ3) is 3.13. The lowest BCUT2D eigenvalue weighted by atomic mass is 9.84. The highest BCUT2D eigenvalue weighted by Crippen LogP contribution is 2.30. The molecule has 1 aromatic rings. The molecule has 1 aromatic carbocycles. The lowest BCUT2D eigenvalue weighted by molar-refractivity contribution is 0.0505. The molecule has 0 bridgehead atoms. The third-order valence-electron chi connectivity index (χ3n) is 4.91. The van der Waals surface area contributed by atoms with Crippen LogP contribution in [0.25, 0.3) is 0 Å². The summed E-state index contributed by atoms with van der Waals surface area (Å²) < 4.78 is 5.24. The van der Waals surface area contributed by atoms with Crippen LogP contribution in [-0.2, 0) is 0 Å². The van der Waals surface area contributed by atoms with E-state index < -0.39 is 0 Å². The van der Waals surface area contributed by atoms with Crippen LogP contribution in [0.5, 0.6) is 5.75 Å². The number of ether oxygens (including phenoxy) is 1. The van der Waals surface area contributed by atoms with Gasteiger partial charge in [-0.3, -0.25) is 9.69 Å². The van der Waals surface area contributed by atoms with Gasteiger partial charge in [0.25, 0.3) is 0 Å². The van der Waals surface area contributed by atoms with Crippen molar-refractivity contribution in [2.45, 2.75) is 52.0 Å². The van der Waals surface area contributed by atoms with Crippen LogP contribution in [0.15, 0.2) is 18.2 Å². The van der Waals surface area contributed by atoms with Gasteiger partial charge in [0, 0.05) is 5.56 Å². The molecule has 3 heteroatoms. The monoisotopic (exact) mass is 289 g/mol. The number of benzene rings is 1. The SMILES string of the molecule is CCC(C)(C(=O)c1ccc(OC)cc1C)N1CCCCC1. The molecule has 1 aliphatic heterocycles. The van der Waals surface area contributed by atoms with E-state index in [1.165, 1.54) is 19.3 Å². The Balaban J connectivity index is 2.30. The molecule has 0 N–H and O–H groups in total. The smallest absolute Gasteiger partial charge is 0.183 e. The molecule has 1 heterocycles. The summed E-state index contributed by atoms with van der Waals surface area (Å²) in [5.41, 5.74) is 1.43. The molecule has 3 nitrogen and oxygen atoms in total. The Hall–Kier alpha value is -1.35. The number of hydrogen-bond donors (Lipinski definition) is 0. The Morgan fingerprint density at radius 2 is 1.95 bits per heavy atom. The number of Topliss-reactive ketones (excluding diaryl/α,β-unsaturated/α-hetero) is 1. The Bertz CT molecular complexity index is 506. The fraction of sp³-hybridized carbons (Fsp3) is 0.611. The predicted octanol–water partition coefficient (Wildman–Crippen LogP) is 3.84. The minimum atomic E-state index is -0.389. The Morgan fingerprint density at radius 1 is 1.29 bits per heavy atom. The van der Waals surface area contributed by atoms with Crippen LogP contribution in [0.2, 0.25) is 0 Å². The number of likely N-dealkylation sites (tertiary alicyclic amines) is 1. The highest BCUT2D eigenvalue weighted by Gasteiger charge is 2.39. The molecule has 2 rings (SSSR count). The number of ketones is 1. The van der Waals surface area contributed by atoms with E-state index in [0.717, 1.165) is 36.4 Å². The Labute approximate surface area is 128 Å². The number of rotatable bonds is 5. The molecular weight excluding hydrogens is 262 g/mol. The number of piperidine rings is 1. The molecule has 1 atom stereocenters. The molecule has 0 aromatic heterocycles. The van der Waals surface area contributed by atoms with Crippen molar-refractivity contribution in [1.82, 2.24) is 4.90 Å². The minimum Gasteiger partial charge on any atom is -0.497 e. The first-order valence-electron chi connectivity index (χ1n) is 7.97. The van der Waals surface area contributed by atoms with E-state index in [-0.39, 0.29) is 11.3 Å². The van der Waals surface area contributed by atoms with Gasteiger partial charge in [0.1, 0.15) is 5.75 Å². The second kappa shape index (κ2) is 6.61. The van der Waals surface area contributed by atoms with Gasteiger partial charge >= 0.3 is 0 Å². The van der Waals surface area contributed by atoms with Gasteiger partial charge in [-0.25, -0.2) is 0 Å². The van der Waals surface area contributed by atoms with E-state index in [4.69, 9.17) is 4.74 Å². The second-order valence-corrected chi connectivity index (χ2v) is 6.19. The molecule has 0 radical (unpaired) electrons. The van der Waals surface area contributed by atoms with Gasteiger partial charge in [0.05, 0.1) is 12.6 Å². The van der Waals surface area contributed by atoms with Gasteiger partial charge in [-0.15, -0.1) is 0 Å². The van der Waals surface area contributed by atoms with Gasteiger partial charge < -0.3 is 4.74 Å². The first-order valence-corrected chi connectivity index (χ1v) is 7.97. The fourth-order valence-corrected chi connectivity index (χ4v) is 3.22. The molecule has 116 valence electrons. The summed E-state index contributed by atoms with van der Waals surface area (Å²) in [4.78, 5) is 15.5. The molecule has 0 aliphatic carbocycles. The highest BCUT2D eigenvalue weighted by molar-refractivity contribution is 6.04. The van der Waals surface area contributed by atoms with Crippen LogP contribution in [-0.4, -0.2) is 36.4 Å². The van der Waals surface area contributed by atoms with Crippen LogP contribution >= 0.6 is 0 Å². The Kier molecular flexibility index (Phi) is 5.04. The fourth-order valence-electron chi connectivity index (χ4n) is 3.22. The van der Waals surface area contributed by atoms with Crippen molar-refractivity contribution in [1.29, 1.82) is 0 Å². The van der Waals surface area contributed by atoms with E-state index in [9.17, 15) is 4.79 Å². The summed E-state index contributed by atoms with van der Waals surface area (Å²) in [7, 11) is 1.65. The number of nitrogens with zero attached hydrogens (tertiary/aromatic N) is 1. The van der Waals surface area contributed by atoms with E-state index in [1.54, 1.807) is 7.11 Å². The van der Waals surface area contributed by atoms with Crippen molar-refractivity contribution in [3.05, 3.63) is 29.3 Å². The Morgan fingerprint density at radius 3 is 2.48 bits per heavy atom. The maximum absolute atomic E-state index is 13.1. The third-order valence-corrected chi connectivity index (χ3v) is 4.91. The maximum atomic E-state index is 13.1. The average Bonchev–Trinajstić information content (AvgIpc) is 2.54. The number of carbonyl (C=O) groups excluding carboxylic acids is 1.